The van der Waals surface area contributed by atoms with Crippen molar-refractivity contribution in [3.05, 3.63) is 29.8 Å². The molecule has 1 N–H and O–H groups in total. The average molecular weight is 240 g/mol. The number of benzene rings is 1. The predicted molar refractivity (Wildman–Crippen MR) is 68.8 cm³/mol. The molecular formula is C13H20O2S. The van der Waals surface area contributed by atoms with E-state index < -0.39 is 0 Å². The van der Waals surface area contributed by atoms with Gasteiger partial charge in [0, 0.05) is 17.8 Å². The third-order valence-corrected chi connectivity index (χ3v) is 3.65. The van der Waals surface area contributed by atoms with Gasteiger partial charge in [-0.3, -0.25) is 0 Å². The molecule has 3 heteroatoms. The van der Waals surface area contributed by atoms with Crippen molar-refractivity contribution >= 4 is 11.8 Å². The van der Waals surface area contributed by atoms with Crippen molar-refractivity contribution < 1.29 is 9.84 Å². The van der Waals surface area contributed by atoms with E-state index >= 15 is 0 Å². The van der Waals surface area contributed by atoms with Crippen molar-refractivity contribution in [1.29, 1.82) is 0 Å². The minimum Gasteiger partial charge on any atom is -0.392 e. The van der Waals surface area contributed by atoms with Crippen LogP contribution < -0.4 is 0 Å². The lowest BCUT2D eigenvalue weighted by molar-refractivity contribution is 0.0207. The molecule has 0 aromatic heterocycles. The highest BCUT2D eigenvalue weighted by Gasteiger charge is 2.15. The minimum atomic E-state index is -0.0436. The van der Waals surface area contributed by atoms with E-state index in [0.29, 0.717) is 0 Å². The van der Waals surface area contributed by atoms with Crippen LogP contribution in [0.5, 0.6) is 0 Å². The van der Waals surface area contributed by atoms with Crippen LogP contribution in [0, 0.1) is 0 Å². The minimum absolute atomic E-state index is 0.0436. The molecule has 0 aliphatic carbocycles. The lowest BCUT2D eigenvalue weighted by atomic mass is 10.1. The highest BCUT2D eigenvalue weighted by molar-refractivity contribution is 7.99. The highest BCUT2D eigenvalue weighted by atomic mass is 32.2. The lowest BCUT2D eigenvalue weighted by Gasteiger charge is -2.22. The lowest BCUT2D eigenvalue weighted by Crippen LogP contribution is -2.22. The molecular weight excluding hydrogens is 220 g/mol. The average Bonchev–Trinajstić information content (AvgIpc) is 2.30. The van der Waals surface area contributed by atoms with Crippen molar-refractivity contribution in [2.75, 3.05) is 12.9 Å². The molecule has 0 spiro atoms. The Labute approximate surface area is 102 Å². The molecule has 0 fully saturated rings. The van der Waals surface area contributed by atoms with Crippen LogP contribution in [-0.2, 0) is 11.3 Å². The molecule has 0 amide bonds. The second kappa shape index (κ2) is 6.28. The fourth-order valence-electron chi connectivity index (χ4n) is 1.21. The summed E-state index contributed by atoms with van der Waals surface area (Å²) in [7, 11) is 1.75. The Balaban J connectivity index is 2.37. The summed E-state index contributed by atoms with van der Waals surface area (Å²) in [4.78, 5) is 1.24. The maximum Gasteiger partial charge on any atom is 0.0681 e. The van der Waals surface area contributed by atoms with Crippen molar-refractivity contribution in [3.8, 4) is 0 Å². The smallest absolute Gasteiger partial charge is 0.0681 e. The number of hydrogen-bond acceptors (Lipinski definition) is 3. The summed E-state index contributed by atoms with van der Waals surface area (Å²) in [5.74, 6) is 1.04. The van der Waals surface area contributed by atoms with E-state index in [9.17, 15) is 0 Å². The van der Waals surface area contributed by atoms with Gasteiger partial charge < -0.3 is 9.84 Å². The molecule has 16 heavy (non-hydrogen) atoms. The van der Waals surface area contributed by atoms with E-state index in [1.807, 2.05) is 23.9 Å². The van der Waals surface area contributed by atoms with Crippen LogP contribution in [-0.4, -0.2) is 23.6 Å². The first kappa shape index (κ1) is 13.6. The molecule has 0 radical (unpaired) electrons. The highest BCUT2D eigenvalue weighted by Crippen LogP contribution is 2.23. The van der Waals surface area contributed by atoms with Gasteiger partial charge in [-0.25, -0.2) is 0 Å². The van der Waals surface area contributed by atoms with Gasteiger partial charge in [0.2, 0.25) is 0 Å². The monoisotopic (exact) mass is 240 g/mol. The van der Waals surface area contributed by atoms with Gasteiger partial charge in [-0.15, -0.1) is 11.8 Å². The molecule has 1 aromatic carbocycles. The van der Waals surface area contributed by atoms with Crippen LogP contribution in [0.25, 0.3) is 0 Å². The summed E-state index contributed by atoms with van der Waals surface area (Å²) in [6, 6.07) is 8.03. The summed E-state index contributed by atoms with van der Waals surface area (Å²) < 4.78 is 5.37. The van der Waals surface area contributed by atoms with E-state index in [2.05, 4.69) is 26.0 Å². The quantitative estimate of drug-likeness (QED) is 0.775. The summed E-state index contributed by atoms with van der Waals surface area (Å²) in [5, 5.41) is 8.92. The number of methoxy groups -OCH3 is 1. The van der Waals surface area contributed by atoms with Gasteiger partial charge in [-0.1, -0.05) is 12.1 Å². The van der Waals surface area contributed by atoms with Gasteiger partial charge in [-0.05, 0) is 38.0 Å². The van der Waals surface area contributed by atoms with Crippen LogP contribution in [0.3, 0.4) is 0 Å². The van der Waals surface area contributed by atoms with E-state index in [4.69, 9.17) is 9.84 Å². The Hall–Kier alpha value is -0.510. The van der Waals surface area contributed by atoms with E-state index in [1.54, 1.807) is 7.11 Å². The van der Waals surface area contributed by atoms with Gasteiger partial charge in [-0.2, -0.15) is 0 Å². The summed E-state index contributed by atoms with van der Waals surface area (Å²) in [6.45, 7) is 4.31. The van der Waals surface area contributed by atoms with Crippen molar-refractivity contribution in [3.63, 3.8) is 0 Å². The van der Waals surface area contributed by atoms with Crippen LogP contribution in [0.4, 0.5) is 0 Å². The topological polar surface area (TPSA) is 29.5 Å². The molecule has 2 nitrogen and oxygen atoms in total. The molecule has 90 valence electrons. The Kier molecular flexibility index (Phi) is 5.32. The largest absolute Gasteiger partial charge is 0.392 e. The Bertz CT molecular complexity index is 306. The molecule has 0 aliphatic heterocycles. The number of aliphatic hydroxyl groups excluding tert-OH is 1. The first-order valence-electron chi connectivity index (χ1n) is 5.45. The van der Waals surface area contributed by atoms with Gasteiger partial charge in [0.15, 0.2) is 0 Å². The van der Waals surface area contributed by atoms with Gasteiger partial charge in [0.25, 0.3) is 0 Å². The van der Waals surface area contributed by atoms with E-state index in [-0.39, 0.29) is 12.2 Å². The first-order valence-corrected chi connectivity index (χ1v) is 6.44. The van der Waals surface area contributed by atoms with E-state index in [1.165, 1.54) is 4.90 Å². The number of hydrogen-bond donors (Lipinski definition) is 1. The number of rotatable bonds is 6. The first-order chi connectivity index (χ1) is 7.57. The van der Waals surface area contributed by atoms with Gasteiger partial charge in [0.05, 0.1) is 12.2 Å². The van der Waals surface area contributed by atoms with Crippen molar-refractivity contribution in [2.24, 2.45) is 0 Å². The molecule has 0 atom stereocenters. The Morgan fingerprint density at radius 3 is 2.38 bits per heavy atom. The summed E-state index contributed by atoms with van der Waals surface area (Å²) in [6.07, 6.45) is 1.02. The SMILES string of the molecule is COC(C)(C)CCSc1ccc(CO)cc1. The number of thioether (sulfide) groups is 1. The fraction of sp³-hybridized carbons (Fsp3) is 0.538. The Morgan fingerprint density at radius 2 is 1.88 bits per heavy atom. The number of aliphatic hydroxyl groups is 1. The second-order valence-electron chi connectivity index (χ2n) is 4.36. The zero-order valence-electron chi connectivity index (χ0n) is 10.2. The fourth-order valence-corrected chi connectivity index (χ4v) is 2.37. The van der Waals surface area contributed by atoms with Crippen molar-refractivity contribution in [2.45, 2.75) is 37.4 Å². The van der Waals surface area contributed by atoms with Gasteiger partial charge >= 0.3 is 0 Å². The molecule has 1 aromatic rings. The summed E-state index contributed by atoms with van der Waals surface area (Å²) >= 11 is 1.82. The molecule has 1 rings (SSSR count). The second-order valence-corrected chi connectivity index (χ2v) is 5.53. The zero-order chi connectivity index (χ0) is 12.0. The van der Waals surface area contributed by atoms with Crippen LogP contribution >= 0.6 is 11.8 Å². The molecule has 0 aliphatic rings. The van der Waals surface area contributed by atoms with E-state index in [0.717, 1.165) is 17.7 Å². The van der Waals surface area contributed by atoms with Crippen LogP contribution in [0.15, 0.2) is 29.2 Å². The van der Waals surface area contributed by atoms with Gasteiger partial charge in [0.1, 0.15) is 0 Å². The van der Waals surface area contributed by atoms with Crippen LogP contribution in [0.2, 0.25) is 0 Å². The van der Waals surface area contributed by atoms with Crippen molar-refractivity contribution in [1.82, 2.24) is 0 Å². The molecule has 0 saturated carbocycles. The molecule has 0 bridgehead atoms. The number of ether oxygens (including phenoxy) is 1. The standard InChI is InChI=1S/C13H20O2S/c1-13(2,15-3)8-9-16-12-6-4-11(10-14)5-7-12/h4-7,14H,8-10H2,1-3H3. The molecule has 0 unspecified atom stereocenters. The molecule has 0 heterocycles. The predicted octanol–water partition coefficient (Wildman–Crippen LogP) is 3.09. The maximum absolute atomic E-state index is 8.92. The Morgan fingerprint density at radius 1 is 1.25 bits per heavy atom. The summed E-state index contributed by atoms with van der Waals surface area (Å²) in [5.41, 5.74) is 0.916. The maximum atomic E-state index is 8.92. The molecule has 0 saturated heterocycles. The third kappa shape index (κ3) is 4.56. The zero-order valence-corrected chi connectivity index (χ0v) is 11.0. The van der Waals surface area contributed by atoms with Crippen LogP contribution in [0.1, 0.15) is 25.8 Å². The third-order valence-electron chi connectivity index (χ3n) is 2.63. The normalized spacial score (nSPS) is 11.8.